The van der Waals surface area contributed by atoms with E-state index < -0.39 is 11.9 Å². The van der Waals surface area contributed by atoms with Crippen molar-refractivity contribution < 1.29 is 14.3 Å². The second-order valence-electron chi connectivity index (χ2n) is 6.49. The number of hydrogen-bond donors (Lipinski definition) is 1. The number of esters is 1. The first-order valence-electron chi connectivity index (χ1n) is 9.44. The predicted molar refractivity (Wildman–Crippen MR) is 112 cm³/mol. The lowest BCUT2D eigenvalue weighted by molar-refractivity contribution is -0.143. The number of methoxy groups -OCH3 is 1. The van der Waals surface area contributed by atoms with Gasteiger partial charge in [0.05, 0.1) is 19.8 Å². The van der Waals surface area contributed by atoms with Gasteiger partial charge in [-0.15, -0.1) is 0 Å². The molecule has 0 aliphatic rings. The molecule has 0 aliphatic heterocycles. The molecule has 0 radical (unpaired) electrons. The zero-order chi connectivity index (χ0) is 20.6. The van der Waals surface area contributed by atoms with Crippen molar-refractivity contribution in [3.05, 3.63) is 65.9 Å². The van der Waals surface area contributed by atoms with Crippen molar-refractivity contribution in [3.8, 4) is 11.8 Å². The van der Waals surface area contributed by atoms with Crippen molar-refractivity contribution in [1.29, 1.82) is 5.26 Å². The van der Waals surface area contributed by atoms with Gasteiger partial charge in [-0.05, 0) is 36.2 Å². The van der Waals surface area contributed by atoms with Crippen LogP contribution >= 0.6 is 0 Å². The Bertz CT molecular complexity index is 1030. The zero-order valence-electron chi connectivity index (χ0n) is 16.5. The van der Waals surface area contributed by atoms with Crippen LogP contribution in [0, 0.1) is 17.2 Å². The summed E-state index contributed by atoms with van der Waals surface area (Å²) < 4.78 is 10.2. The number of carbonyl (C=O) groups is 1. The standard InChI is InChI=1S/C23H23N3O3/c1-3-29-23(27)17(12-24)13-25-14-20(16-8-10-18(28-2)11-9-16)21-15-26-22-7-5-4-6-19(21)22/h4-11,13,15,17,20,26H,3,14H2,1-2H3/t17-,20-/m1/s1. The van der Waals surface area contributed by atoms with Crippen molar-refractivity contribution >= 4 is 23.1 Å². The number of nitrogens with one attached hydrogen (secondary N) is 1. The maximum atomic E-state index is 11.8. The molecule has 0 spiro atoms. The molecule has 0 saturated heterocycles. The van der Waals surface area contributed by atoms with E-state index in [1.165, 1.54) is 6.21 Å². The van der Waals surface area contributed by atoms with Crippen LogP contribution in [0.5, 0.6) is 5.75 Å². The van der Waals surface area contributed by atoms with Crippen LogP contribution in [0.25, 0.3) is 10.9 Å². The lowest BCUT2D eigenvalue weighted by atomic mass is 9.91. The highest BCUT2D eigenvalue weighted by atomic mass is 16.5. The van der Waals surface area contributed by atoms with Gasteiger partial charge in [-0.1, -0.05) is 30.3 Å². The van der Waals surface area contributed by atoms with Crippen LogP contribution in [0.2, 0.25) is 0 Å². The number of aromatic amines is 1. The monoisotopic (exact) mass is 389 g/mol. The van der Waals surface area contributed by atoms with E-state index >= 15 is 0 Å². The van der Waals surface area contributed by atoms with Gasteiger partial charge in [0, 0.05) is 35.8 Å². The quantitative estimate of drug-likeness (QED) is 0.464. The van der Waals surface area contributed by atoms with Gasteiger partial charge in [0.2, 0.25) is 0 Å². The summed E-state index contributed by atoms with van der Waals surface area (Å²) in [6.07, 6.45) is 3.37. The minimum atomic E-state index is -1.01. The van der Waals surface area contributed by atoms with Crippen molar-refractivity contribution in [3.63, 3.8) is 0 Å². The molecule has 2 atom stereocenters. The molecule has 148 valence electrons. The molecule has 1 N–H and O–H groups in total. The smallest absolute Gasteiger partial charge is 0.328 e. The van der Waals surface area contributed by atoms with E-state index in [1.807, 2.05) is 54.7 Å². The maximum Gasteiger partial charge on any atom is 0.328 e. The number of aromatic nitrogens is 1. The minimum absolute atomic E-state index is 0.0464. The molecule has 0 saturated carbocycles. The molecule has 2 aromatic carbocycles. The number of rotatable bonds is 8. The number of para-hydroxylation sites is 1. The minimum Gasteiger partial charge on any atom is -0.497 e. The Morgan fingerprint density at radius 1 is 1.24 bits per heavy atom. The first-order chi connectivity index (χ1) is 14.2. The van der Waals surface area contributed by atoms with Crippen LogP contribution in [-0.2, 0) is 9.53 Å². The number of aliphatic imine (C=N–C) groups is 1. The van der Waals surface area contributed by atoms with E-state index in [2.05, 4.69) is 16.0 Å². The van der Waals surface area contributed by atoms with Crippen LogP contribution < -0.4 is 4.74 Å². The average molecular weight is 389 g/mol. The number of H-pyrrole nitrogens is 1. The van der Waals surface area contributed by atoms with Crippen molar-refractivity contribution in [2.75, 3.05) is 20.3 Å². The maximum absolute atomic E-state index is 11.8. The number of nitriles is 1. The Morgan fingerprint density at radius 2 is 2.00 bits per heavy atom. The average Bonchev–Trinajstić information content (AvgIpc) is 3.18. The third-order valence-electron chi connectivity index (χ3n) is 4.74. The largest absolute Gasteiger partial charge is 0.497 e. The Hall–Kier alpha value is -3.59. The van der Waals surface area contributed by atoms with E-state index in [0.717, 1.165) is 27.8 Å². The summed E-state index contributed by atoms with van der Waals surface area (Å²) in [6.45, 7) is 2.33. The van der Waals surface area contributed by atoms with Crippen LogP contribution in [0.4, 0.5) is 0 Å². The first-order valence-corrected chi connectivity index (χ1v) is 9.44. The summed E-state index contributed by atoms with van der Waals surface area (Å²) >= 11 is 0. The third-order valence-corrected chi connectivity index (χ3v) is 4.74. The highest BCUT2D eigenvalue weighted by Gasteiger charge is 2.20. The number of fused-ring (bicyclic) bond motifs is 1. The van der Waals surface area contributed by atoms with Crippen molar-refractivity contribution in [2.24, 2.45) is 10.9 Å². The van der Waals surface area contributed by atoms with Gasteiger partial charge in [-0.3, -0.25) is 9.79 Å². The fourth-order valence-corrected chi connectivity index (χ4v) is 3.25. The Kier molecular flexibility index (Phi) is 6.64. The Balaban J connectivity index is 1.92. The molecule has 1 heterocycles. The first kappa shape index (κ1) is 20.2. The number of benzene rings is 2. The van der Waals surface area contributed by atoms with Crippen LogP contribution in [0.1, 0.15) is 24.0 Å². The van der Waals surface area contributed by atoms with Gasteiger partial charge in [0.1, 0.15) is 5.75 Å². The second kappa shape index (κ2) is 9.56. The van der Waals surface area contributed by atoms with Gasteiger partial charge in [0.15, 0.2) is 5.92 Å². The molecule has 3 rings (SSSR count). The van der Waals surface area contributed by atoms with E-state index in [0.29, 0.717) is 6.54 Å². The van der Waals surface area contributed by atoms with E-state index in [9.17, 15) is 10.1 Å². The molecule has 6 nitrogen and oxygen atoms in total. The molecule has 0 unspecified atom stereocenters. The molecule has 29 heavy (non-hydrogen) atoms. The molecule has 6 heteroatoms. The van der Waals surface area contributed by atoms with E-state index in [1.54, 1.807) is 14.0 Å². The molecular weight excluding hydrogens is 366 g/mol. The number of carbonyl (C=O) groups excluding carboxylic acids is 1. The predicted octanol–water partition coefficient (Wildman–Crippen LogP) is 4.08. The number of ether oxygens (including phenoxy) is 2. The SMILES string of the molecule is CCOC(=O)[C@H](C#N)C=NC[C@H](c1ccc(OC)cc1)c1c[nH]c2ccccc12. The van der Waals surface area contributed by atoms with Crippen LogP contribution in [0.3, 0.4) is 0 Å². The van der Waals surface area contributed by atoms with Crippen molar-refractivity contribution in [1.82, 2.24) is 4.98 Å². The molecule has 0 amide bonds. The molecule has 1 aromatic heterocycles. The van der Waals surface area contributed by atoms with Gasteiger partial charge < -0.3 is 14.5 Å². The lowest BCUT2D eigenvalue weighted by Crippen LogP contribution is -2.18. The number of hydrogen-bond acceptors (Lipinski definition) is 5. The topological polar surface area (TPSA) is 87.5 Å². The van der Waals surface area contributed by atoms with Crippen LogP contribution in [0.15, 0.2) is 59.7 Å². The molecule has 3 aromatic rings. The van der Waals surface area contributed by atoms with Crippen molar-refractivity contribution in [2.45, 2.75) is 12.8 Å². The second-order valence-corrected chi connectivity index (χ2v) is 6.49. The Labute approximate surface area is 169 Å². The summed E-state index contributed by atoms with van der Waals surface area (Å²) in [4.78, 5) is 19.6. The molecule has 0 aliphatic carbocycles. The molecular formula is C23H23N3O3. The van der Waals surface area contributed by atoms with Gasteiger partial charge in [0.25, 0.3) is 0 Å². The summed E-state index contributed by atoms with van der Waals surface area (Å²) in [5, 5.41) is 10.3. The molecule has 0 bridgehead atoms. The fourth-order valence-electron chi connectivity index (χ4n) is 3.25. The normalized spacial score (nSPS) is 13.1. The molecule has 0 fully saturated rings. The van der Waals surface area contributed by atoms with Gasteiger partial charge in [-0.2, -0.15) is 5.26 Å². The fraction of sp³-hybridized carbons (Fsp3) is 0.261. The van der Waals surface area contributed by atoms with E-state index in [4.69, 9.17) is 9.47 Å². The number of nitrogens with zero attached hydrogens (tertiary/aromatic N) is 2. The summed E-state index contributed by atoms with van der Waals surface area (Å²) in [5.41, 5.74) is 3.22. The lowest BCUT2D eigenvalue weighted by Gasteiger charge is -2.16. The Morgan fingerprint density at radius 3 is 2.69 bits per heavy atom. The van der Waals surface area contributed by atoms with Gasteiger partial charge in [-0.25, -0.2) is 0 Å². The van der Waals surface area contributed by atoms with Gasteiger partial charge >= 0.3 is 5.97 Å². The van der Waals surface area contributed by atoms with Crippen LogP contribution in [-0.4, -0.2) is 37.4 Å². The third kappa shape index (κ3) is 4.64. The van der Waals surface area contributed by atoms with E-state index in [-0.39, 0.29) is 12.5 Å². The zero-order valence-corrected chi connectivity index (χ0v) is 16.5. The summed E-state index contributed by atoms with van der Waals surface area (Å²) in [6, 6.07) is 17.9. The summed E-state index contributed by atoms with van der Waals surface area (Å²) in [7, 11) is 1.63. The highest BCUT2D eigenvalue weighted by Crippen LogP contribution is 2.32. The summed E-state index contributed by atoms with van der Waals surface area (Å²) in [5.74, 6) is -0.849. The highest BCUT2D eigenvalue weighted by molar-refractivity contribution is 5.93.